The summed E-state index contributed by atoms with van der Waals surface area (Å²) < 4.78 is 5.65. The second-order valence-corrected chi connectivity index (χ2v) is 6.30. The van der Waals surface area contributed by atoms with E-state index in [2.05, 4.69) is 16.2 Å². The second-order valence-electron chi connectivity index (χ2n) is 4.85. The first-order valence-electron chi connectivity index (χ1n) is 5.42. The van der Waals surface area contributed by atoms with Crippen molar-refractivity contribution < 1.29 is 9.53 Å². The molecule has 0 aromatic heterocycles. The van der Waals surface area contributed by atoms with Crippen molar-refractivity contribution in [2.75, 3.05) is 0 Å². The minimum absolute atomic E-state index is 0.0914. The Balaban J connectivity index is 2.61. The van der Waals surface area contributed by atoms with E-state index in [1.54, 1.807) is 0 Å². The van der Waals surface area contributed by atoms with E-state index >= 15 is 0 Å². The van der Waals surface area contributed by atoms with Crippen LogP contribution in [0.25, 0.3) is 0 Å². The molecule has 0 aromatic rings. The van der Waals surface area contributed by atoms with Gasteiger partial charge in [-0.2, -0.15) is 0 Å². The Bertz CT molecular complexity index is 212. The molecule has 1 aliphatic carbocycles. The van der Waals surface area contributed by atoms with Gasteiger partial charge in [0.15, 0.2) is 0 Å². The van der Waals surface area contributed by atoms with Crippen molar-refractivity contribution in [3.8, 4) is 0 Å². The van der Waals surface area contributed by atoms with Crippen molar-refractivity contribution in [2.45, 2.75) is 63.6 Å². The number of carbonyl (C=O) groups excluding carboxylic acids is 1. The number of hydrogen-bond acceptors (Lipinski definition) is 2. The summed E-state index contributed by atoms with van der Waals surface area (Å²) in [6.07, 6.45) is 5.41. The average Bonchev–Trinajstić information content (AvgIpc) is 2.52. The molecule has 1 unspecified atom stereocenters. The molecular weight excluding hydrogens is 195 g/mol. The predicted molar refractivity (Wildman–Crippen MR) is 61.4 cm³/mol. The van der Waals surface area contributed by atoms with E-state index in [1.807, 2.05) is 13.8 Å². The van der Waals surface area contributed by atoms with Crippen LogP contribution in [0.15, 0.2) is 0 Å². The molecule has 82 valence electrons. The Labute approximate surface area is 89.0 Å². The molecule has 1 saturated carbocycles. The summed E-state index contributed by atoms with van der Waals surface area (Å²) in [6, 6.07) is 0. The largest absolute Gasteiger partial charge is 0.458 e. The Morgan fingerprint density at radius 2 is 1.93 bits per heavy atom. The highest BCUT2D eigenvalue weighted by atomic mass is 31.0. The number of esters is 1. The molecule has 1 fully saturated rings. The summed E-state index contributed by atoms with van der Waals surface area (Å²) in [4.78, 5) is 11.7. The minimum atomic E-state index is -0.454. The van der Waals surface area contributed by atoms with E-state index in [9.17, 15) is 4.79 Å². The highest BCUT2D eigenvalue weighted by Crippen LogP contribution is 2.37. The van der Waals surface area contributed by atoms with Crippen molar-refractivity contribution in [3.63, 3.8) is 0 Å². The monoisotopic (exact) mass is 216 g/mol. The summed E-state index contributed by atoms with van der Waals surface area (Å²) in [7, 11) is 2.54. The van der Waals surface area contributed by atoms with Gasteiger partial charge in [0.25, 0.3) is 0 Å². The zero-order valence-corrected chi connectivity index (χ0v) is 10.6. The Morgan fingerprint density at radius 1 is 1.43 bits per heavy atom. The maximum atomic E-state index is 11.7. The molecule has 0 N–H and O–H groups in total. The lowest BCUT2D eigenvalue weighted by Crippen LogP contribution is -2.37. The van der Waals surface area contributed by atoms with Gasteiger partial charge >= 0.3 is 5.97 Å². The lowest BCUT2D eigenvalue weighted by atomic mass is 9.98. The van der Waals surface area contributed by atoms with Gasteiger partial charge in [-0.1, -0.05) is 6.92 Å². The van der Waals surface area contributed by atoms with Crippen molar-refractivity contribution in [1.82, 2.24) is 0 Å². The van der Waals surface area contributed by atoms with Crippen LogP contribution < -0.4 is 0 Å². The average molecular weight is 216 g/mol. The number of carbonyl (C=O) groups is 1. The smallest absolute Gasteiger partial charge is 0.315 e. The van der Waals surface area contributed by atoms with Crippen LogP contribution >= 0.6 is 9.24 Å². The van der Waals surface area contributed by atoms with Gasteiger partial charge in [-0.15, -0.1) is 9.24 Å². The second kappa shape index (κ2) is 4.18. The van der Waals surface area contributed by atoms with Crippen LogP contribution in [0.2, 0.25) is 0 Å². The van der Waals surface area contributed by atoms with Gasteiger partial charge in [0.2, 0.25) is 0 Å². The van der Waals surface area contributed by atoms with E-state index in [0.717, 1.165) is 19.3 Å². The molecule has 0 bridgehead atoms. The van der Waals surface area contributed by atoms with Crippen LogP contribution in [0.5, 0.6) is 0 Å². The van der Waals surface area contributed by atoms with Gasteiger partial charge in [-0.3, -0.25) is 4.79 Å². The lowest BCUT2D eigenvalue weighted by Gasteiger charge is -2.31. The van der Waals surface area contributed by atoms with E-state index in [4.69, 9.17) is 4.74 Å². The van der Waals surface area contributed by atoms with Gasteiger partial charge in [-0.25, -0.2) is 0 Å². The Kier molecular flexibility index (Phi) is 3.58. The van der Waals surface area contributed by atoms with Crippen LogP contribution in [0.1, 0.15) is 52.9 Å². The van der Waals surface area contributed by atoms with Crippen molar-refractivity contribution in [3.05, 3.63) is 0 Å². The number of hydrogen-bond donors (Lipinski definition) is 0. The summed E-state index contributed by atoms with van der Waals surface area (Å²) in [5, 5.41) is -0.454. The predicted octanol–water partition coefficient (Wildman–Crippen LogP) is 2.91. The van der Waals surface area contributed by atoms with Crippen LogP contribution in [0.3, 0.4) is 0 Å². The van der Waals surface area contributed by atoms with Gasteiger partial charge in [0.05, 0.1) is 5.16 Å². The third-order valence-electron chi connectivity index (χ3n) is 2.99. The van der Waals surface area contributed by atoms with Gasteiger partial charge < -0.3 is 4.74 Å². The topological polar surface area (TPSA) is 26.3 Å². The summed E-state index contributed by atoms with van der Waals surface area (Å²) >= 11 is 0. The van der Waals surface area contributed by atoms with E-state index in [0.29, 0.717) is 0 Å². The van der Waals surface area contributed by atoms with Crippen molar-refractivity contribution in [2.24, 2.45) is 0 Å². The summed E-state index contributed by atoms with van der Waals surface area (Å²) in [6.45, 7) is 5.85. The highest BCUT2D eigenvalue weighted by molar-refractivity contribution is 7.20. The fourth-order valence-corrected chi connectivity index (χ4v) is 1.93. The number of rotatable bonds is 3. The maximum absolute atomic E-state index is 11.7. The first kappa shape index (κ1) is 12.0. The Morgan fingerprint density at radius 3 is 2.29 bits per heavy atom. The number of ether oxygens (including phenoxy) is 1. The van der Waals surface area contributed by atoms with E-state index in [-0.39, 0.29) is 11.6 Å². The fraction of sp³-hybridized carbons (Fsp3) is 0.909. The van der Waals surface area contributed by atoms with Gasteiger partial charge in [0.1, 0.15) is 5.60 Å². The SMILES string of the molecule is CCC1(OC(=O)C(C)(C)P)CCCC1. The van der Waals surface area contributed by atoms with Gasteiger partial charge in [0, 0.05) is 0 Å². The molecule has 0 heterocycles. The molecule has 0 spiro atoms. The molecule has 14 heavy (non-hydrogen) atoms. The molecule has 2 nitrogen and oxygen atoms in total. The molecule has 0 radical (unpaired) electrons. The van der Waals surface area contributed by atoms with Crippen LogP contribution in [-0.2, 0) is 9.53 Å². The first-order valence-corrected chi connectivity index (χ1v) is 6.00. The highest BCUT2D eigenvalue weighted by Gasteiger charge is 2.38. The van der Waals surface area contributed by atoms with E-state index in [1.165, 1.54) is 12.8 Å². The van der Waals surface area contributed by atoms with Crippen LogP contribution in [-0.4, -0.2) is 16.7 Å². The van der Waals surface area contributed by atoms with E-state index < -0.39 is 5.16 Å². The first-order chi connectivity index (χ1) is 6.40. The molecule has 3 heteroatoms. The molecule has 0 aromatic carbocycles. The zero-order valence-electron chi connectivity index (χ0n) is 9.43. The normalized spacial score (nSPS) is 20.9. The zero-order chi connectivity index (χ0) is 10.8. The van der Waals surface area contributed by atoms with Crippen LogP contribution in [0, 0.1) is 0 Å². The third kappa shape index (κ3) is 2.70. The van der Waals surface area contributed by atoms with Gasteiger partial charge in [-0.05, 0) is 46.0 Å². The molecular formula is C11H21O2P. The van der Waals surface area contributed by atoms with Crippen molar-refractivity contribution in [1.29, 1.82) is 0 Å². The maximum Gasteiger partial charge on any atom is 0.315 e. The molecule has 0 amide bonds. The summed E-state index contributed by atoms with van der Waals surface area (Å²) in [5.74, 6) is -0.0914. The standard InChI is InChI=1S/C11H21O2P/c1-4-11(7-5-6-8-11)13-9(12)10(2,3)14/h4-8,14H2,1-3H3. The van der Waals surface area contributed by atoms with Crippen molar-refractivity contribution >= 4 is 15.2 Å². The third-order valence-corrected chi connectivity index (χ3v) is 3.23. The quantitative estimate of drug-likeness (QED) is 0.535. The summed E-state index contributed by atoms with van der Waals surface area (Å²) in [5.41, 5.74) is -0.148. The molecule has 0 saturated heterocycles. The molecule has 1 aliphatic rings. The lowest BCUT2D eigenvalue weighted by molar-refractivity contribution is -0.161. The minimum Gasteiger partial charge on any atom is -0.458 e. The van der Waals surface area contributed by atoms with Crippen LogP contribution in [0.4, 0.5) is 0 Å². The molecule has 1 atom stereocenters. The molecule has 0 aliphatic heterocycles. The molecule has 1 rings (SSSR count). The fourth-order valence-electron chi connectivity index (χ4n) is 1.88. The Hall–Kier alpha value is -0.100.